The van der Waals surface area contributed by atoms with Gasteiger partial charge in [-0.3, -0.25) is 9.59 Å². The zero-order valence-electron chi connectivity index (χ0n) is 12.9. The van der Waals surface area contributed by atoms with Gasteiger partial charge in [-0.05, 0) is 30.5 Å². The van der Waals surface area contributed by atoms with E-state index < -0.39 is 6.04 Å². The highest BCUT2D eigenvalue weighted by Crippen LogP contribution is 2.23. The van der Waals surface area contributed by atoms with E-state index in [9.17, 15) is 9.59 Å². The molecule has 0 bridgehead atoms. The minimum absolute atomic E-state index is 0. The fraction of sp³-hybridized carbons (Fsp3) is 0.467. The van der Waals surface area contributed by atoms with Crippen LogP contribution in [0.15, 0.2) is 18.2 Å². The molecule has 2 atom stereocenters. The third kappa shape index (κ3) is 5.36. The first-order valence-electron chi connectivity index (χ1n) is 6.80. The van der Waals surface area contributed by atoms with Crippen molar-refractivity contribution >= 4 is 35.6 Å². The number of hydrogen-bond acceptors (Lipinski definition) is 3. The third-order valence-electron chi connectivity index (χ3n) is 3.46. The minimum Gasteiger partial charge on any atom is -0.326 e. The molecule has 0 aromatic heterocycles. The molecule has 0 heterocycles. The van der Waals surface area contributed by atoms with Crippen LogP contribution in [0.25, 0.3) is 0 Å². The molecular weight excluding hydrogens is 290 g/mol. The van der Waals surface area contributed by atoms with Crippen molar-refractivity contribution in [2.24, 2.45) is 11.7 Å². The van der Waals surface area contributed by atoms with Crippen molar-refractivity contribution in [2.75, 3.05) is 10.6 Å². The lowest BCUT2D eigenvalue weighted by atomic mass is 9.99. The maximum atomic E-state index is 12.1. The summed E-state index contributed by atoms with van der Waals surface area (Å²) in [4.78, 5) is 23.2. The van der Waals surface area contributed by atoms with Gasteiger partial charge < -0.3 is 16.4 Å². The van der Waals surface area contributed by atoms with E-state index in [1.165, 1.54) is 6.92 Å². The smallest absolute Gasteiger partial charge is 0.241 e. The molecule has 0 fully saturated rings. The highest BCUT2D eigenvalue weighted by molar-refractivity contribution is 5.97. The molecule has 1 aromatic rings. The number of benzene rings is 1. The maximum Gasteiger partial charge on any atom is 0.241 e. The molecule has 4 N–H and O–H groups in total. The average molecular weight is 314 g/mol. The number of amides is 2. The summed E-state index contributed by atoms with van der Waals surface area (Å²) < 4.78 is 0. The van der Waals surface area contributed by atoms with Gasteiger partial charge in [0, 0.05) is 18.3 Å². The summed E-state index contributed by atoms with van der Waals surface area (Å²) >= 11 is 0. The summed E-state index contributed by atoms with van der Waals surface area (Å²) in [6, 6.07) is 4.83. The first-order chi connectivity index (χ1) is 9.36. The Labute approximate surface area is 132 Å². The quantitative estimate of drug-likeness (QED) is 0.781. The monoisotopic (exact) mass is 313 g/mol. The Morgan fingerprint density at radius 2 is 1.76 bits per heavy atom. The highest BCUT2D eigenvalue weighted by Gasteiger charge is 2.20. The molecular formula is C15H24ClN3O2. The van der Waals surface area contributed by atoms with Crippen LogP contribution in [0.4, 0.5) is 11.4 Å². The van der Waals surface area contributed by atoms with Gasteiger partial charge in [-0.25, -0.2) is 0 Å². The van der Waals surface area contributed by atoms with Crippen LogP contribution < -0.4 is 16.4 Å². The molecule has 5 nitrogen and oxygen atoms in total. The largest absolute Gasteiger partial charge is 0.326 e. The lowest BCUT2D eigenvalue weighted by Gasteiger charge is -2.19. The first kappa shape index (κ1) is 19.4. The highest BCUT2D eigenvalue weighted by atomic mass is 35.5. The second-order valence-corrected chi connectivity index (χ2v) is 5.06. The number of carbonyl (C=O) groups excluding carboxylic acids is 2. The number of nitrogens with one attached hydrogen (secondary N) is 2. The van der Waals surface area contributed by atoms with E-state index in [0.717, 1.165) is 12.0 Å². The van der Waals surface area contributed by atoms with E-state index in [0.29, 0.717) is 11.4 Å². The van der Waals surface area contributed by atoms with Gasteiger partial charge in [0.15, 0.2) is 0 Å². The van der Waals surface area contributed by atoms with Gasteiger partial charge in [-0.2, -0.15) is 0 Å². The van der Waals surface area contributed by atoms with Gasteiger partial charge in [0.1, 0.15) is 0 Å². The van der Waals surface area contributed by atoms with Crippen LogP contribution in [-0.2, 0) is 9.59 Å². The SMILES string of the molecule is CCC(C)C(N)C(=O)Nc1cccc(NC(C)=O)c1C.Cl. The topological polar surface area (TPSA) is 84.2 Å². The van der Waals surface area contributed by atoms with Gasteiger partial charge in [-0.15, -0.1) is 12.4 Å². The number of hydrogen-bond donors (Lipinski definition) is 3. The van der Waals surface area contributed by atoms with E-state index in [1.54, 1.807) is 18.2 Å². The Kier molecular flexibility index (Phi) is 7.99. The Morgan fingerprint density at radius 1 is 1.24 bits per heavy atom. The van der Waals surface area contributed by atoms with Gasteiger partial charge in [0.25, 0.3) is 0 Å². The molecule has 0 aliphatic carbocycles. The lowest BCUT2D eigenvalue weighted by Crippen LogP contribution is -2.40. The second-order valence-electron chi connectivity index (χ2n) is 5.06. The Balaban J connectivity index is 0.00000400. The fourth-order valence-corrected chi connectivity index (χ4v) is 1.82. The molecule has 0 aliphatic rings. The molecule has 0 spiro atoms. The zero-order chi connectivity index (χ0) is 15.3. The Hall–Kier alpha value is -1.59. The molecule has 0 saturated heterocycles. The van der Waals surface area contributed by atoms with Crippen LogP contribution in [0.3, 0.4) is 0 Å². The fourth-order valence-electron chi connectivity index (χ4n) is 1.82. The van der Waals surface area contributed by atoms with Crippen LogP contribution in [0.5, 0.6) is 0 Å². The summed E-state index contributed by atoms with van der Waals surface area (Å²) in [7, 11) is 0. The molecule has 0 radical (unpaired) electrons. The average Bonchev–Trinajstić information content (AvgIpc) is 2.40. The van der Waals surface area contributed by atoms with Gasteiger partial charge in [0.05, 0.1) is 6.04 Å². The van der Waals surface area contributed by atoms with Gasteiger partial charge in [-0.1, -0.05) is 26.3 Å². The number of anilines is 2. The number of nitrogens with two attached hydrogens (primary N) is 1. The summed E-state index contributed by atoms with van der Waals surface area (Å²) in [5, 5.41) is 5.55. The first-order valence-corrected chi connectivity index (χ1v) is 6.80. The van der Waals surface area contributed by atoms with Crippen molar-refractivity contribution < 1.29 is 9.59 Å². The van der Waals surface area contributed by atoms with Crippen molar-refractivity contribution in [3.63, 3.8) is 0 Å². The van der Waals surface area contributed by atoms with E-state index in [2.05, 4.69) is 10.6 Å². The predicted molar refractivity (Wildman–Crippen MR) is 88.8 cm³/mol. The Bertz CT molecular complexity index is 506. The second kappa shape index (κ2) is 8.64. The van der Waals surface area contributed by atoms with Crippen molar-refractivity contribution in [3.05, 3.63) is 23.8 Å². The van der Waals surface area contributed by atoms with Crippen molar-refractivity contribution in [3.8, 4) is 0 Å². The zero-order valence-corrected chi connectivity index (χ0v) is 13.7. The van der Waals surface area contributed by atoms with Gasteiger partial charge >= 0.3 is 0 Å². The number of rotatable bonds is 5. The van der Waals surface area contributed by atoms with Crippen LogP contribution in [0.1, 0.15) is 32.8 Å². The normalized spacial score (nSPS) is 12.8. The Morgan fingerprint density at radius 3 is 2.24 bits per heavy atom. The van der Waals surface area contributed by atoms with Crippen LogP contribution in [0.2, 0.25) is 0 Å². The van der Waals surface area contributed by atoms with E-state index in [4.69, 9.17) is 5.73 Å². The van der Waals surface area contributed by atoms with Crippen molar-refractivity contribution in [2.45, 2.75) is 40.2 Å². The van der Waals surface area contributed by atoms with E-state index in [1.807, 2.05) is 20.8 Å². The molecule has 1 aromatic carbocycles. The summed E-state index contributed by atoms with van der Waals surface area (Å²) in [5.74, 6) is -0.232. The standard InChI is InChI=1S/C15H23N3O2.ClH/c1-5-9(2)14(16)15(20)18-13-8-6-7-12(10(13)3)17-11(4)19;/h6-9,14H,5,16H2,1-4H3,(H,17,19)(H,18,20);1H. The summed E-state index contributed by atoms with van der Waals surface area (Å²) in [5.41, 5.74) is 8.07. The summed E-state index contributed by atoms with van der Waals surface area (Å²) in [6.07, 6.45) is 0.847. The van der Waals surface area contributed by atoms with Crippen molar-refractivity contribution in [1.29, 1.82) is 0 Å². The molecule has 0 saturated carbocycles. The molecule has 1 rings (SSSR count). The number of carbonyl (C=O) groups is 2. The van der Waals surface area contributed by atoms with Crippen LogP contribution in [-0.4, -0.2) is 17.9 Å². The lowest BCUT2D eigenvalue weighted by molar-refractivity contribution is -0.118. The van der Waals surface area contributed by atoms with E-state index >= 15 is 0 Å². The minimum atomic E-state index is -0.538. The maximum absolute atomic E-state index is 12.1. The molecule has 0 aliphatic heterocycles. The van der Waals surface area contributed by atoms with Crippen molar-refractivity contribution in [1.82, 2.24) is 0 Å². The van der Waals surface area contributed by atoms with Crippen LogP contribution >= 0.6 is 12.4 Å². The molecule has 2 amide bonds. The molecule has 118 valence electrons. The van der Waals surface area contributed by atoms with Gasteiger partial charge in [0.2, 0.25) is 11.8 Å². The van der Waals surface area contributed by atoms with Crippen LogP contribution in [0, 0.1) is 12.8 Å². The molecule has 6 heteroatoms. The molecule has 21 heavy (non-hydrogen) atoms. The molecule has 2 unspecified atom stereocenters. The van der Waals surface area contributed by atoms with E-state index in [-0.39, 0.29) is 30.1 Å². The number of halogens is 1. The third-order valence-corrected chi connectivity index (χ3v) is 3.46. The predicted octanol–water partition coefficient (Wildman–Crippen LogP) is 2.69. The summed E-state index contributed by atoms with van der Waals surface area (Å²) in [6.45, 7) is 7.24.